The molecule has 0 aliphatic carbocycles. The molecule has 0 radical (unpaired) electrons. The average molecular weight is 501 g/mol. The highest BCUT2D eigenvalue weighted by Crippen LogP contribution is 2.42. The molecule has 0 saturated heterocycles. The van der Waals surface area contributed by atoms with Gasteiger partial charge in [0.15, 0.2) is 0 Å². The number of hydrogen-bond acceptors (Lipinski definition) is 2. The quantitative estimate of drug-likeness (QED) is 0.240. The summed E-state index contributed by atoms with van der Waals surface area (Å²) < 4.78 is 13.2. The van der Waals surface area contributed by atoms with E-state index >= 15 is 0 Å². The van der Waals surface area contributed by atoms with Crippen molar-refractivity contribution >= 4 is 43.9 Å². The predicted octanol–water partition coefficient (Wildman–Crippen LogP) is 10.4. The lowest BCUT2D eigenvalue weighted by molar-refractivity contribution is 0.648. The summed E-state index contributed by atoms with van der Waals surface area (Å²) in [4.78, 5) is 0. The van der Waals surface area contributed by atoms with Crippen LogP contribution in [0.5, 0.6) is 0 Å². The Morgan fingerprint density at radius 3 is 1.33 bits per heavy atom. The van der Waals surface area contributed by atoms with Crippen LogP contribution in [0.4, 0.5) is 0 Å². The molecule has 2 nitrogen and oxygen atoms in total. The Balaban J connectivity index is 1.44. The Bertz CT molecular complexity index is 1980. The minimum Gasteiger partial charge on any atom is -0.456 e. The van der Waals surface area contributed by atoms with E-state index in [0.717, 1.165) is 55.9 Å². The van der Waals surface area contributed by atoms with Gasteiger partial charge in [-0.3, -0.25) is 0 Å². The fraction of sp³-hybridized carbons (Fsp3) is 0.0270. The molecule has 8 rings (SSSR count). The molecule has 6 aromatic carbocycles. The second kappa shape index (κ2) is 8.75. The maximum absolute atomic E-state index is 6.58. The van der Waals surface area contributed by atoms with Crippen molar-refractivity contribution in [3.05, 3.63) is 145 Å². The fourth-order valence-corrected chi connectivity index (χ4v) is 5.80. The molecule has 2 aromatic heterocycles. The van der Waals surface area contributed by atoms with Crippen molar-refractivity contribution in [2.45, 2.75) is 6.42 Å². The molecule has 2 heteroatoms. The topological polar surface area (TPSA) is 26.3 Å². The van der Waals surface area contributed by atoms with Crippen molar-refractivity contribution in [2.24, 2.45) is 0 Å². The molecule has 8 aromatic rings. The van der Waals surface area contributed by atoms with Gasteiger partial charge in [-0.05, 0) is 58.1 Å². The monoisotopic (exact) mass is 500 g/mol. The van der Waals surface area contributed by atoms with Crippen molar-refractivity contribution in [1.82, 2.24) is 0 Å². The van der Waals surface area contributed by atoms with Crippen molar-refractivity contribution < 1.29 is 8.83 Å². The largest absolute Gasteiger partial charge is 0.456 e. The molecule has 0 fully saturated rings. The van der Waals surface area contributed by atoms with Gasteiger partial charge in [0.25, 0.3) is 0 Å². The van der Waals surface area contributed by atoms with Crippen LogP contribution in [-0.2, 0) is 6.42 Å². The molecule has 0 unspecified atom stereocenters. The Morgan fingerprint density at radius 1 is 0.385 bits per heavy atom. The van der Waals surface area contributed by atoms with Gasteiger partial charge >= 0.3 is 0 Å². The van der Waals surface area contributed by atoms with Gasteiger partial charge in [-0.15, -0.1) is 0 Å². The van der Waals surface area contributed by atoms with E-state index in [4.69, 9.17) is 8.83 Å². The third kappa shape index (κ3) is 3.65. The second-order valence-corrected chi connectivity index (χ2v) is 10.1. The molecule has 0 amide bonds. The predicted molar refractivity (Wildman–Crippen MR) is 161 cm³/mol. The second-order valence-electron chi connectivity index (χ2n) is 10.1. The Hall–Kier alpha value is -5.08. The van der Waals surface area contributed by atoms with E-state index in [1.807, 2.05) is 0 Å². The van der Waals surface area contributed by atoms with Gasteiger partial charge in [0, 0.05) is 33.5 Å². The summed E-state index contributed by atoms with van der Waals surface area (Å²) in [7, 11) is 0. The Labute approximate surface area is 225 Å². The summed E-state index contributed by atoms with van der Waals surface area (Å²) in [5, 5.41) is 4.48. The zero-order valence-corrected chi connectivity index (χ0v) is 21.2. The maximum atomic E-state index is 6.58. The van der Waals surface area contributed by atoms with E-state index in [-0.39, 0.29) is 0 Å². The van der Waals surface area contributed by atoms with Crippen LogP contribution in [0.15, 0.2) is 142 Å². The maximum Gasteiger partial charge on any atom is 0.142 e. The third-order valence-corrected chi connectivity index (χ3v) is 7.73. The molecule has 0 aliphatic rings. The first kappa shape index (κ1) is 22.0. The summed E-state index contributed by atoms with van der Waals surface area (Å²) in [5.74, 6) is 0. The summed E-state index contributed by atoms with van der Waals surface area (Å²) >= 11 is 0. The molecular weight excluding hydrogens is 476 g/mol. The van der Waals surface area contributed by atoms with Crippen molar-refractivity contribution in [2.75, 3.05) is 0 Å². The highest BCUT2D eigenvalue weighted by atomic mass is 16.3. The van der Waals surface area contributed by atoms with E-state index < -0.39 is 0 Å². The molecule has 2 heterocycles. The van der Waals surface area contributed by atoms with E-state index in [0.29, 0.717) is 0 Å². The van der Waals surface area contributed by atoms with Crippen molar-refractivity contribution in [3.8, 4) is 22.3 Å². The first-order valence-corrected chi connectivity index (χ1v) is 13.3. The Kier molecular flexibility index (Phi) is 4.92. The Morgan fingerprint density at radius 2 is 0.846 bits per heavy atom. The zero-order valence-electron chi connectivity index (χ0n) is 21.2. The lowest BCUT2D eigenvalue weighted by Crippen LogP contribution is -1.89. The van der Waals surface area contributed by atoms with Crippen LogP contribution < -0.4 is 0 Å². The number of rotatable bonds is 4. The molecule has 0 bridgehead atoms. The summed E-state index contributed by atoms with van der Waals surface area (Å²) in [6.45, 7) is 0. The number of fused-ring (bicyclic) bond motifs is 6. The van der Waals surface area contributed by atoms with Crippen LogP contribution in [-0.4, -0.2) is 0 Å². The minimum atomic E-state index is 0.728. The lowest BCUT2D eigenvalue weighted by Gasteiger charge is -2.05. The first-order chi connectivity index (χ1) is 19.3. The molecule has 0 N–H and O–H groups in total. The zero-order chi connectivity index (χ0) is 25.8. The van der Waals surface area contributed by atoms with E-state index in [1.165, 1.54) is 27.8 Å². The van der Waals surface area contributed by atoms with Gasteiger partial charge in [-0.25, -0.2) is 0 Å². The van der Waals surface area contributed by atoms with Crippen LogP contribution >= 0.6 is 0 Å². The molecule has 0 saturated carbocycles. The molecule has 0 atom stereocenters. The summed E-state index contributed by atoms with van der Waals surface area (Å²) in [6, 6.07) is 46.8. The van der Waals surface area contributed by atoms with Crippen LogP contribution in [0.3, 0.4) is 0 Å². The number of benzene rings is 6. The average Bonchev–Trinajstić information content (AvgIpc) is 3.56. The van der Waals surface area contributed by atoms with Crippen LogP contribution in [0.2, 0.25) is 0 Å². The SMILES string of the molecule is c1ccc(Cc2c3oc4ccc(-c5ccccc5)cc4c3cc3c2oc2ccc(-c4ccccc4)cc23)cc1. The van der Waals surface area contributed by atoms with Gasteiger partial charge in [0.1, 0.15) is 22.3 Å². The molecule has 0 spiro atoms. The number of furan rings is 2. The van der Waals surface area contributed by atoms with Crippen molar-refractivity contribution in [3.63, 3.8) is 0 Å². The third-order valence-electron chi connectivity index (χ3n) is 7.73. The molecule has 0 aliphatic heterocycles. The highest BCUT2D eigenvalue weighted by Gasteiger charge is 2.21. The van der Waals surface area contributed by atoms with Crippen LogP contribution in [0.25, 0.3) is 66.1 Å². The van der Waals surface area contributed by atoms with Gasteiger partial charge in [-0.1, -0.05) is 103 Å². The normalized spacial score (nSPS) is 11.7. The highest BCUT2D eigenvalue weighted by molar-refractivity contribution is 6.17. The lowest BCUT2D eigenvalue weighted by atomic mass is 9.97. The molecule has 184 valence electrons. The summed E-state index contributed by atoms with van der Waals surface area (Å²) in [6.07, 6.45) is 0.728. The minimum absolute atomic E-state index is 0.728. The van der Waals surface area contributed by atoms with Crippen LogP contribution in [0.1, 0.15) is 11.1 Å². The van der Waals surface area contributed by atoms with Crippen LogP contribution in [0, 0.1) is 0 Å². The first-order valence-electron chi connectivity index (χ1n) is 13.3. The van der Waals surface area contributed by atoms with Gasteiger partial charge in [0.05, 0.1) is 0 Å². The van der Waals surface area contributed by atoms with E-state index in [9.17, 15) is 0 Å². The van der Waals surface area contributed by atoms with Gasteiger partial charge in [0.2, 0.25) is 0 Å². The molecule has 39 heavy (non-hydrogen) atoms. The van der Waals surface area contributed by atoms with E-state index in [1.54, 1.807) is 0 Å². The van der Waals surface area contributed by atoms with Crippen molar-refractivity contribution in [1.29, 1.82) is 0 Å². The fourth-order valence-electron chi connectivity index (χ4n) is 5.80. The van der Waals surface area contributed by atoms with Gasteiger partial charge < -0.3 is 8.83 Å². The summed E-state index contributed by atoms with van der Waals surface area (Å²) in [5.41, 5.74) is 10.6. The molecular formula is C37H24O2. The van der Waals surface area contributed by atoms with E-state index in [2.05, 4.69) is 133 Å². The number of hydrogen-bond donors (Lipinski definition) is 0. The standard InChI is InChI=1S/C37H24O2/c1-4-10-24(11-5-1)20-33-36-31(29-21-27(16-18-34(29)38-36)25-12-6-2-7-13-25)23-32-30-22-28(26-14-8-3-9-15-26)17-19-35(30)39-37(32)33/h1-19,21-23H,20H2. The smallest absolute Gasteiger partial charge is 0.142 e. The van der Waals surface area contributed by atoms with Gasteiger partial charge in [-0.2, -0.15) is 0 Å².